The van der Waals surface area contributed by atoms with Gasteiger partial charge in [-0.2, -0.15) is 23.1 Å². The van der Waals surface area contributed by atoms with Crippen LogP contribution in [0.4, 0.5) is 19.2 Å². The van der Waals surface area contributed by atoms with Crippen LogP contribution in [0.1, 0.15) is 21.8 Å². The number of benzene rings is 2. The molecule has 2 heterocycles. The van der Waals surface area contributed by atoms with Gasteiger partial charge in [0.25, 0.3) is 11.9 Å². The molecule has 0 saturated heterocycles. The molecule has 0 aliphatic rings. The van der Waals surface area contributed by atoms with Crippen LogP contribution in [0.2, 0.25) is 0 Å². The second kappa shape index (κ2) is 8.33. The molecule has 0 spiro atoms. The molecule has 0 radical (unpaired) electrons. The number of hydrogen-bond donors (Lipinski definition) is 1. The van der Waals surface area contributed by atoms with E-state index in [1.165, 1.54) is 24.3 Å². The van der Waals surface area contributed by atoms with Gasteiger partial charge < -0.3 is 19.2 Å². The van der Waals surface area contributed by atoms with E-state index in [2.05, 4.69) is 25.0 Å². The highest BCUT2D eigenvalue weighted by Crippen LogP contribution is 2.29. The highest BCUT2D eigenvalue weighted by atomic mass is 19.4. The van der Waals surface area contributed by atoms with Gasteiger partial charge in [0.2, 0.25) is 5.82 Å². The Morgan fingerprint density at radius 3 is 2.72 bits per heavy atom. The first kappa shape index (κ1) is 21.3. The first-order valence-corrected chi connectivity index (χ1v) is 9.58. The van der Waals surface area contributed by atoms with E-state index in [0.29, 0.717) is 18.1 Å². The Hall–Kier alpha value is -3.89. The van der Waals surface area contributed by atoms with Crippen LogP contribution in [-0.2, 0) is 6.18 Å². The Balaban J connectivity index is 1.37. The summed E-state index contributed by atoms with van der Waals surface area (Å²) >= 11 is 0. The van der Waals surface area contributed by atoms with E-state index < -0.39 is 18.0 Å². The van der Waals surface area contributed by atoms with E-state index in [4.69, 9.17) is 4.42 Å². The quantitative estimate of drug-likeness (QED) is 0.478. The highest BCUT2D eigenvalue weighted by molar-refractivity contribution is 5.95. The van der Waals surface area contributed by atoms with Gasteiger partial charge in [-0.25, -0.2) is 0 Å². The number of nitrogens with zero attached hydrogens (tertiary/aromatic N) is 4. The van der Waals surface area contributed by atoms with Crippen LogP contribution in [0.3, 0.4) is 0 Å². The second-order valence-electron chi connectivity index (χ2n) is 7.15. The summed E-state index contributed by atoms with van der Waals surface area (Å²) in [4.78, 5) is 22.0. The van der Waals surface area contributed by atoms with Gasteiger partial charge in [0.1, 0.15) is 5.52 Å². The first-order valence-electron chi connectivity index (χ1n) is 9.58. The molecule has 32 heavy (non-hydrogen) atoms. The van der Waals surface area contributed by atoms with E-state index >= 15 is 0 Å². The number of aryl methyl sites for hydroxylation is 1. The smallest absolute Gasteiger partial charge is 0.423 e. The van der Waals surface area contributed by atoms with Gasteiger partial charge in [0, 0.05) is 31.3 Å². The summed E-state index contributed by atoms with van der Waals surface area (Å²) in [5.74, 6) is -2.09. The second-order valence-corrected chi connectivity index (χ2v) is 7.15. The van der Waals surface area contributed by atoms with Crippen molar-refractivity contribution in [3.05, 3.63) is 59.5 Å². The Bertz CT molecular complexity index is 1270. The van der Waals surface area contributed by atoms with Crippen molar-refractivity contribution < 1.29 is 26.9 Å². The van der Waals surface area contributed by atoms with Gasteiger partial charge in [-0.1, -0.05) is 23.4 Å². The molecule has 0 bridgehead atoms. The average molecular weight is 445 g/mol. The molecule has 4 rings (SSSR count). The predicted octanol–water partition coefficient (Wildman–Crippen LogP) is 4.07. The van der Waals surface area contributed by atoms with Crippen molar-refractivity contribution in [2.45, 2.75) is 13.1 Å². The van der Waals surface area contributed by atoms with Crippen molar-refractivity contribution in [1.29, 1.82) is 0 Å². The maximum Gasteiger partial charge on any atom is 0.471 e. The van der Waals surface area contributed by atoms with Gasteiger partial charge in [-0.15, -0.1) is 0 Å². The summed E-state index contributed by atoms with van der Waals surface area (Å²) < 4.78 is 47.9. The molecule has 0 aliphatic carbocycles. The fourth-order valence-corrected chi connectivity index (χ4v) is 2.98. The molecule has 0 aliphatic heterocycles. The van der Waals surface area contributed by atoms with Crippen LogP contribution >= 0.6 is 0 Å². The average Bonchev–Trinajstić information content (AvgIpc) is 3.41. The van der Waals surface area contributed by atoms with Crippen LogP contribution in [0.5, 0.6) is 0 Å². The molecule has 1 amide bonds. The van der Waals surface area contributed by atoms with Crippen molar-refractivity contribution in [2.24, 2.45) is 0 Å². The SMILES string of the molecule is Cc1ccc2oc(N(C)CCNC(=O)c3cccc(-c4noc(C(F)(F)F)n4)c3)nc2c1. The Labute approximate surface area is 180 Å². The van der Waals surface area contributed by atoms with Crippen molar-refractivity contribution >= 4 is 23.0 Å². The molecule has 0 atom stereocenters. The monoisotopic (exact) mass is 445 g/mol. The van der Waals surface area contributed by atoms with Crippen molar-refractivity contribution in [3.63, 3.8) is 0 Å². The van der Waals surface area contributed by atoms with Gasteiger partial charge >= 0.3 is 12.1 Å². The maximum atomic E-state index is 12.7. The lowest BCUT2D eigenvalue weighted by atomic mass is 10.1. The molecular weight excluding hydrogens is 427 g/mol. The predicted molar refractivity (Wildman–Crippen MR) is 109 cm³/mol. The van der Waals surface area contributed by atoms with Crippen LogP contribution < -0.4 is 10.2 Å². The third-order valence-corrected chi connectivity index (χ3v) is 4.64. The van der Waals surface area contributed by atoms with Gasteiger partial charge in [-0.3, -0.25) is 4.79 Å². The summed E-state index contributed by atoms with van der Waals surface area (Å²) in [6, 6.07) is 12.1. The normalized spacial score (nSPS) is 11.7. The number of likely N-dealkylation sites (N-methyl/N-ethyl adjacent to an activating group) is 1. The zero-order valence-electron chi connectivity index (χ0n) is 17.1. The Kier molecular flexibility index (Phi) is 5.56. The number of amides is 1. The Morgan fingerprint density at radius 2 is 1.97 bits per heavy atom. The number of rotatable bonds is 6. The standard InChI is InChI=1S/C21H18F3N5O3/c1-12-6-7-16-15(10-12)26-20(31-16)29(2)9-8-25-18(30)14-5-3-4-13(11-14)17-27-19(32-28-17)21(22,23)24/h3-7,10-11H,8-9H2,1-2H3,(H,25,30). The third kappa shape index (κ3) is 4.56. The van der Waals surface area contributed by atoms with E-state index in [1.807, 2.05) is 25.1 Å². The lowest BCUT2D eigenvalue weighted by Crippen LogP contribution is -2.33. The number of halogens is 3. The molecule has 166 valence electrons. The molecule has 4 aromatic rings. The highest BCUT2D eigenvalue weighted by Gasteiger charge is 2.38. The van der Waals surface area contributed by atoms with Crippen LogP contribution in [0.25, 0.3) is 22.5 Å². The molecular formula is C21H18F3N5O3. The summed E-state index contributed by atoms with van der Waals surface area (Å²) in [5.41, 5.74) is 2.98. The van der Waals surface area contributed by atoms with E-state index in [-0.39, 0.29) is 23.5 Å². The maximum absolute atomic E-state index is 12.7. The molecule has 0 fully saturated rings. The molecule has 1 N–H and O–H groups in total. The summed E-state index contributed by atoms with van der Waals surface area (Å²) in [6.07, 6.45) is -4.74. The number of fused-ring (bicyclic) bond motifs is 1. The van der Waals surface area contributed by atoms with Crippen LogP contribution in [0.15, 0.2) is 51.4 Å². The summed E-state index contributed by atoms with van der Waals surface area (Å²) in [5, 5.41) is 6.09. The largest absolute Gasteiger partial charge is 0.471 e. The number of nitrogens with one attached hydrogen (secondary N) is 1. The minimum Gasteiger partial charge on any atom is -0.423 e. The Morgan fingerprint density at radius 1 is 1.16 bits per heavy atom. The fourth-order valence-electron chi connectivity index (χ4n) is 2.98. The topological polar surface area (TPSA) is 97.3 Å². The van der Waals surface area contributed by atoms with Gasteiger partial charge in [0.05, 0.1) is 0 Å². The van der Waals surface area contributed by atoms with E-state index in [0.717, 1.165) is 11.1 Å². The number of anilines is 1. The zero-order valence-corrected chi connectivity index (χ0v) is 17.1. The number of oxazole rings is 1. The molecule has 0 saturated carbocycles. The van der Waals surface area contributed by atoms with E-state index in [9.17, 15) is 18.0 Å². The lowest BCUT2D eigenvalue weighted by molar-refractivity contribution is -0.159. The van der Waals surface area contributed by atoms with Crippen molar-refractivity contribution in [2.75, 3.05) is 25.0 Å². The first-order chi connectivity index (χ1) is 15.2. The minimum absolute atomic E-state index is 0.232. The van der Waals surface area contributed by atoms with E-state index in [1.54, 1.807) is 11.9 Å². The zero-order chi connectivity index (χ0) is 22.9. The number of aromatic nitrogens is 3. The van der Waals surface area contributed by atoms with Crippen LogP contribution in [-0.4, -0.2) is 41.2 Å². The molecule has 8 nitrogen and oxygen atoms in total. The number of carbonyl (C=O) groups excluding carboxylic acids is 1. The number of carbonyl (C=O) groups is 1. The minimum atomic E-state index is -4.74. The molecule has 2 aromatic heterocycles. The number of alkyl halides is 3. The molecule has 0 unspecified atom stereocenters. The van der Waals surface area contributed by atoms with Crippen molar-refractivity contribution in [3.8, 4) is 11.4 Å². The van der Waals surface area contributed by atoms with Crippen molar-refractivity contribution in [1.82, 2.24) is 20.4 Å². The van der Waals surface area contributed by atoms with Crippen LogP contribution in [0, 0.1) is 6.92 Å². The molecule has 11 heteroatoms. The lowest BCUT2D eigenvalue weighted by Gasteiger charge is -2.14. The third-order valence-electron chi connectivity index (χ3n) is 4.64. The fraction of sp³-hybridized carbons (Fsp3) is 0.238. The van der Waals surface area contributed by atoms with Gasteiger partial charge in [-0.05, 0) is 36.8 Å². The van der Waals surface area contributed by atoms with Gasteiger partial charge in [0.15, 0.2) is 5.58 Å². The number of hydrogen-bond acceptors (Lipinski definition) is 7. The summed E-state index contributed by atoms with van der Waals surface area (Å²) in [6.45, 7) is 2.69. The summed E-state index contributed by atoms with van der Waals surface area (Å²) in [7, 11) is 1.79. The molecule has 2 aromatic carbocycles.